The van der Waals surface area contributed by atoms with Crippen LogP contribution in [0.5, 0.6) is 0 Å². The van der Waals surface area contributed by atoms with Gasteiger partial charge in [-0.25, -0.2) is 8.42 Å². The molecule has 1 N–H and O–H groups in total. The van der Waals surface area contributed by atoms with Crippen LogP contribution in [0.4, 0.5) is 5.69 Å². The Morgan fingerprint density at radius 1 is 0.960 bits per heavy atom. The van der Waals surface area contributed by atoms with Crippen LogP contribution < -0.4 is 9.62 Å². The Kier molecular flexibility index (Phi) is 6.20. The first-order chi connectivity index (χ1) is 11.8. The van der Waals surface area contributed by atoms with Crippen molar-refractivity contribution in [2.75, 3.05) is 17.1 Å². The molecule has 0 aliphatic rings. The minimum absolute atomic E-state index is 0.104. The standard InChI is InChI=1S/C19H24N2O3S/c1-15-4-8-17(9-5-15)14-20-19(22)12-13-21(25(3,23)24)18-10-6-16(2)7-11-18/h4-11H,12-14H2,1-3H3,(H,20,22). The third-order valence-corrected chi connectivity index (χ3v) is 5.07. The number of nitrogens with zero attached hydrogens (tertiary/aromatic N) is 1. The van der Waals surface area contributed by atoms with Crippen molar-refractivity contribution in [1.29, 1.82) is 0 Å². The van der Waals surface area contributed by atoms with Gasteiger partial charge in [0.25, 0.3) is 0 Å². The maximum absolute atomic E-state index is 12.1. The number of anilines is 1. The third kappa shape index (κ3) is 5.90. The summed E-state index contributed by atoms with van der Waals surface area (Å²) in [7, 11) is -3.45. The van der Waals surface area contributed by atoms with Crippen LogP contribution in [-0.2, 0) is 21.4 Å². The van der Waals surface area contributed by atoms with Crippen molar-refractivity contribution >= 4 is 21.6 Å². The lowest BCUT2D eigenvalue weighted by molar-refractivity contribution is -0.121. The van der Waals surface area contributed by atoms with Gasteiger partial charge in [0.1, 0.15) is 0 Å². The highest BCUT2D eigenvalue weighted by molar-refractivity contribution is 7.92. The monoisotopic (exact) mass is 360 g/mol. The molecule has 25 heavy (non-hydrogen) atoms. The first-order valence-corrected chi connectivity index (χ1v) is 9.97. The van der Waals surface area contributed by atoms with E-state index in [-0.39, 0.29) is 18.9 Å². The molecule has 0 unspecified atom stereocenters. The number of sulfonamides is 1. The maximum Gasteiger partial charge on any atom is 0.232 e. The second-order valence-corrected chi connectivity index (χ2v) is 8.09. The van der Waals surface area contributed by atoms with Crippen LogP contribution in [0, 0.1) is 13.8 Å². The highest BCUT2D eigenvalue weighted by Gasteiger charge is 2.18. The van der Waals surface area contributed by atoms with Crippen molar-refractivity contribution in [3.8, 4) is 0 Å². The Morgan fingerprint density at radius 2 is 1.48 bits per heavy atom. The average Bonchev–Trinajstić information content (AvgIpc) is 2.55. The fraction of sp³-hybridized carbons (Fsp3) is 0.316. The van der Waals surface area contributed by atoms with Gasteiger partial charge in [-0.1, -0.05) is 47.5 Å². The summed E-state index contributed by atoms with van der Waals surface area (Å²) in [5.41, 5.74) is 3.79. The second kappa shape index (κ2) is 8.16. The number of benzene rings is 2. The number of amides is 1. The van der Waals surface area contributed by atoms with Gasteiger partial charge in [0, 0.05) is 19.5 Å². The van der Waals surface area contributed by atoms with Crippen molar-refractivity contribution in [3.05, 3.63) is 65.2 Å². The van der Waals surface area contributed by atoms with Crippen LogP contribution in [0.15, 0.2) is 48.5 Å². The molecule has 6 heteroatoms. The summed E-state index contributed by atoms with van der Waals surface area (Å²) in [6.07, 6.45) is 1.25. The molecule has 2 rings (SSSR count). The fourth-order valence-electron chi connectivity index (χ4n) is 2.40. The van der Waals surface area contributed by atoms with Crippen molar-refractivity contribution in [1.82, 2.24) is 5.32 Å². The second-order valence-electron chi connectivity index (χ2n) is 6.18. The SMILES string of the molecule is Cc1ccc(CNC(=O)CCN(c2ccc(C)cc2)S(C)(=O)=O)cc1. The minimum atomic E-state index is -3.45. The Labute approximate surface area is 149 Å². The molecule has 0 radical (unpaired) electrons. The molecule has 0 aliphatic heterocycles. The summed E-state index contributed by atoms with van der Waals surface area (Å²) in [5.74, 6) is -0.179. The van der Waals surface area contributed by atoms with E-state index in [1.165, 1.54) is 4.31 Å². The number of carbonyl (C=O) groups excluding carboxylic acids is 1. The van der Waals surface area contributed by atoms with Gasteiger partial charge in [-0.2, -0.15) is 0 Å². The van der Waals surface area contributed by atoms with Crippen LogP contribution in [0.3, 0.4) is 0 Å². The van der Waals surface area contributed by atoms with Crippen LogP contribution >= 0.6 is 0 Å². The number of rotatable bonds is 7. The number of carbonyl (C=O) groups is 1. The minimum Gasteiger partial charge on any atom is -0.352 e. The summed E-state index contributed by atoms with van der Waals surface area (Å²) in [4.78, 5) is 12.1. The molecule has 0 fully saturated rings. The zero-order valence-electron chi connectivity index (χ0n) is 14.8. The van der Waals surface area contributed by atoms with Crippen LogP contribution in [0.1, 0.15) is 23.1 Å². The summed E-state index contributed by atoms with van der Waals surface area (Å²) >= 11 is 0. The first-order valence-electron chi connectivity index (χ1n) is 8.12. The first kappa shape index (κ1) is 19.0. The van der Waals surface area contributed by atoms with E-state index in [1.807, 2.05) is 50.2 Å². The van der Waals surface area contributed by atoms with E-state index in [9.17, 15) is 13.2 Å². The largest absolute Gasteiger partial charge is 0.352 e. The molecule has 0 bridgehead atoms. The smallest absolute Gasteiger partial charge is 0.232 e. The van der Waals surface area contributed by atoms with Gasteiger partial charge >= 0.3 is 0 Å². The fourth-order valence-corrected chi connectivity index (χ4v) is 3.32. The van der Waals surface area contributed by atoms with Crippen LogP contribution in [0.25, 0.3) is 0 Å². The average molecular weight is 360 g/mol. The lowest BCUT2D eigenvalue weighted by Gasteiger charge is -2.22. The predicted molar refractivity (Wildman–Crippen MR) is 101 cm³/mol. The van der Waals surface area contributed by atoms with E-state index in [1.54, 1.807) is 12.1 Å². The van der Waals surface area contributed by atoms with Crippen LogP contribution in [-0.4, -0.2) is 27.1 Å². The maximum atomic E-state index is 12.1. The summed E-state index contributed by atoms with van der Waals surface area (Å²) in [5, 5.41) is 2.83. The summed E-state index contributed by atoms with van der Waals surface area (Å²) in [6, 6.07) is 15.1. The van der Waals surface area contributed by atoms with E-state index in [2.05, 4.69) is 5.32 Å². The van der Waals surface area contributed by atoms with E-state index in [4.69, 9.17) is 0 Å². The zero-order chi connectivity index (χ0) is 18.4. The molecule has 0 saturated heterocycles. The molecule has 0 heterocycles. The predicted octanol–water partition coefficient (Wildman–Crippen LogP) is 2.78. The Morgan fingerprint density at radius 3 is 2.00 bits per heavy atom. The number of hydrogen-bond donors (Lipinski definition) is 1. The van der Waals surface area contributed by atoms with E-state index >= 15 is 0 Å². The topological polar surface area (TPSA) is 66.5 Å². The van der Waals surface area contributed by atoms with Gasteiger partial charge in [-0.3, -0.25) is 9.10 Å². The lowest BCUT2D eigenvalue weighted by atomic mass is 10.1. The zero-order valence-corrected chi connectivity index (χ0v) is 15.6. The molecule has 0 spiro atoms. The number of hydrogen-bond acceptors (Lipinski definition) is 3. The Balaban J connectivity index is 1.94. The quantitative estimate of drug-likeness (QED) is 0.826. The van der Waals surface area contributed by atoms with Gasteiger partial charge in [0.15, 0.2) is 0 Å². The van der Waals surface area contributed by atoms with Crippen molar-refractivity contribution in [2.45, 2.75) is 26.8 Å². The normalized spacial score (nSPS) is 11.2. The van der Waals surface area contributed by atoms with Crippen molar-refractivity contribution in [2.24, 2.45) is 0 Å². The van der Waals surface area contributed by atoms with Gasteiger partial charge < -0.3 is 5.32 Å². The molecular formula is C19H24N2O3S. The van der Waals surface area contributed by atoms with Gasteiger partial charge in [0.05, 0.1) is 11.9 Å². The van der Waals surface area contributed by atoms with Crippen LogP contribution in [0.2, 0.25) is 0 Å². The Bertz CT molecular complexity index is 813. The molecule has 0 aromatic heterocycles. The molecule has 0 aliphatic carbocycles. The molecule has 1 amide bonds. The molecule has 134 valence electrons. The lowest BCUT2D eigenvalue weighted by Crippen LogP contribution is -2.34. The Hall–Kier alpha value is -2.34. The van der Waals surface area contributed by atoms with Gasteiger partial charge in [0.2, 0.25) is 15.9 Å². The van der Waals surface area contributed by atoms with Crippen molar-refractivity contribution in [3.63, 3.8) is 0 Å². The third-order valence-electron chi connectivity index (χ3n) is 3.87. The van der Waals surface area contributed by atoms with Gasteiger partial charge in [-0.15, -0.1) is 0 Å². The summed E-state index contributed by atoms with van der Waals surface area (Å²) in [6.45, 7) is 4.49. The number of nitrogens with one attached hydrogen (secondary N) is 1. The van der Waals surface area contributed by atoms with E-state index in [0.29, 0.717) is 12.2 Å². The summed E-state index contributed by atoms with van der Waals surface area (Å²) < 4.78 is 25.3. The molecule has 0 atom stereocenters. The highest BCUT2D eigenvalue weighted by Crippen LogP contribution is 2.18. The molecule has 0 saturated carbocycles. The van der Waals surface area contributed by atoms with E-state index in [0.717, 1.165) is 22.9 Å². The van der Waals surface area contributed by atoms with Gasteiger partial charge in [-0.05, 0) is 31.5 Å². The van der Waals surface area contributed by atoms with Crippen molar-refractivity contribution < 1.29 is 13.2 Å². The highest BCUT2D eigenvalue weighted by atomic mass is 32.2. The molecule has 5 nitrogen and oxygen atoms in total. The molecular weight excluding hydrogens is 336 g/mol. The molecule has 2 aromatic carbocycles. The molecule has 2 aromatic rings. The van der Waals surface area contributed by atoms with E-state index < -0.39 is 10.0 Å². The number of aryl methyl sites for hydroxylation is 2.